The molecule has 0 saturated carbocycles. The highest BCUT2D eigenvalue weighted by Crippen LogP contribution is 2.26. The molecule has 5 heteroatoms. The molecule has 2 N–H and O–H groups in total. The number of nitrogens with zero attached hydrogens (tertiary/aromatic N) is 1. The van der Waals surface area contributed by atoms with E-state index in [2.05, 4.69) is 31.2 Å². The molecule has 0 spiro atoms. The van der Waals surface area contributed by atoms with Crippen LogP contribution in [-0.4, -0.2) is 9.97 Å². The maximum absolute atomic E-state index is 12.1. The van der Waals surface area contributed by atoms with Gasteiger partial charge in [0.25, 0.3) is 5.56 Å². The Bertz CT molecular complexity index is 709. The van der Waals surface area contributed by atoms with Gasteiger partial charge in [0.05, 0.1) is 11.4 Å². The van der Waals surface area contributed by atoms with Crippen LogP contribution in [-0.2, 0) is 12.8 Å². The zero-order valence-electron chi connectivity index (χ0n) is 11.3. The van der Waals surface area contributed by atoms with Gasteiger partial charge in [-0.2, -0.15) is 0 Å². The molecule has 0 amide bonds. The monoisotopic (exact) mass is 333 g/mol. The van der Waals surface area contributed by atoms with E-state index in [1.54, 1.807) is 0 Å². The highest BCUT2D eigenvalue weighted by atomic mass is 79.9. The number of nitrogens with one attached hydrogen (secondary N) is 2. The summed E-state index contributed by atoms with van der Waals surface area (Å²) in [6, 6.07) is 6.02. The highest BCUT2D eigenvalue weighted by Gasteiger charge is 2.15. The normalized spacial score (nSPS) is 13.9. The van der Waals surface area contributed by atoms with Crippen molar-refractivity contribution in [3.63, 3.8) is 0 Å². The van der Waals surface area contributed by atoms with Crippen molar-refractivity contribution in [2.24, 2.45) is 0 Å². The summed E-state index contributed by atoms with van der Waals surface area (Å²) in [6.07, 6.45) is 3.92. The number of benzene rings is 1. The topological polar surface area (TPSA) is 57.8 Å². The molecule has 0 bridgehead atoms. The van der Waals surface area contributed by atoms with E-state index < -0.39 is 0 Å². The number of anilines is 2. The maximum atomic E-state index is 12.1. The second kappa shape index (κ2) is 5.40. The Labute approximate surface area is 125 Å². The quantitative estimate of drug-likeness (QED) is 0.884. The first-order valence-corrected chi connectivity index (χ1v) is 7.58. The van der Waals surface area contributed by atoms with Crippen LogP contribution in [0, 0.1) is 6.92 Å². The van der Waals surface area contributed by atoms with Crippen molar-refractivity contribution in [1.82, 2.24) is 9.97 Å². The van der Waals surface area contributed by atoms with Crippen LogP contribution in [0.25, 0.3) is 0 Å². The van der Waals surface area contributed by atoms with E-state index in [4.69, 9.17) is 0 Å². The first-order chi connectivity index (χ1) is 9.63. The maximum Gasteiger partial charge on any atom is 0.255 e. The predicted molar refractivity (Wildman–Crippen MR) is 83.7 cm³/mol. The number of hydrogen-bond acceptors (Lipinski definition) is 3. The number of hydrogen-bond donors (Lipinski definition) is 2. The van der Waals surface area contributed by atoms with Gasteiger partial charge in [-0.25, -0.2) is 4.98 Å². The molecule has 1 aliphatic carbocycles. The van der Waals surface area contributed by atoms with Gasteiger partial charge in [0.15, 0.2) is 0 Å². The van der Waals surface area contributed by atoms with E-state index in [0.717, 1.165) is 47.1 Å². The Morgan fingerprint density at radius 3 is 2.90 bits per heavy atom. The minimum absolute atomic E-state index is 0.0135. The van der Waals surface area contributed by atoms with Gasteiger partial charge < -0.3 is 5.32 Å². The molecule has 1 aromatic heterocycles. The molecular weight excluding hydrogens is 318 g/mol. The zero-order valence-corrected chi connectivity index (χ0v) is 12.9. The Balaban J connectivity index is 1.95. The van der Waals surface area contributed by atoms with Crippen molar-refractivity contribution in [2.75, 3.05) is 5.32 Å². The first-order valence-electron chi connectivity index (χ1n) is 6.79. The van der Waals surface area contributed by atoms with Crippen LogP contribution in [0.2, 0.25) is 0 Å². The van der Waals surface area contributed by atoms with E-state index >= 15 is 0 Å². The lowest BCUT2D eigenvalue weighted by molar-refractivity contribution is 0.658. The molecule has 0 unspecified atom stereocenters. The fourth-order valence-electron chi connectivity index (χ4n) is 2.51. The van der Waals surface area contributed by atoms with Crippen LogP contribution in [0.15, 0.2) is 27.5 Å². The Morgan fingerprint density at radius 2 is 2.10 bits per heavy atom. The van der Waals surface area contributed by atoms with Gasteiger partial charge in [0.2, 0.25) is 5.95 Å². The average Bonchev–Trinajstić information content (AvgIpc) is 2.42. The van der Waals surface area contributed by atoms with Crippen LogP contribution in [0.5, 0.6) is 0 Å². The number of H-pyrrole nitrogens is 1. The van der Waals surface area contributed by atoms with Crippen molar-refractivity contribution >= 4 is 27.6 Å². The number of aryl methyl sites for hydroxylation is 2. The van der Waals surface area contributed by atoms with Crippen molar-refractivity contribution in [2.45, 2.75) is 32.6 Å². The highest BCUT2D eigenvalue weighted by molar-refractivity contribution is 9.10. The summed E-state index contributed by atoms with van der Waals surface area (Å²) in [7, 11) is 0. The van der Waals surface area contributed by atoms with Gasteiger partial charge in [-0.1, -0.05) is 6.07 Å². The van der Waals surface area contributed by atoms with Gasteiger partial charge in [-0.05, 0) is 66.2 Å². The molecular formula is C15H16BrN3O. The van der Waals surface area contributed by atoms with Gasteiger partial charge in [-0.15, -0.1) is 0 Å². The standard InChI is InChI=1S/C15H16BrN3O/c1-9-6-7-13(11(16)8-9)18-15-17-12-5-3-2-4-10(12)14(20)19-15/h6-8H,2-5H2,1H3,(H2,17,18,19,20). The molecule has 1 aromatic carbocycles. The summed E-state index contributed by atoms with van der Waals surface area (Å²) in [6.45, 7) is 2.04. The van der Waals surface area contributed by atoms with E-state index in [1.807, 2.05) is 25.1 Å². The van der Waals surface area contributed by atoms with E-state index in [-0.39, 0.29) is 5.56 Å². The Hall–Kier alpha value is -1.62. The van der Waals surface area contributed by atoms with Crippen LogP contribution in [0.1, 0.15) is 29.7 Å². The summed E-state index contributed by atoms with van der Waals surface area (Å²) >= 11 is 3.52. The fourth-order valence-corrected chi connectivity index (χ4v) is 3.10. The Kier molecular flexibility index (Phi) is 3.61. The third-order valence-corrected chi connectivity index (χ3v) is 4.23. The number of fused-ring (bicyclic) bond motifs is 1. The zero-order chi connectivity index (χ0) is 14.1. The van der Waals surface area contributed by atoms with Crippen LogP contribution >= 0.6 is 15.9 Å². The second-order valence-corrected chi connectivity index (χ2v) is 6.01. The van der Waals surface area contributed by atoms with Crippen molar-refractivity contribution in [1.29, 1.82) is 0 Å². The molecule has 0 saturated heterocycles. The molecule has 0 atom stereocenters. The third-order valence-electron chi connectivity index (χ3n) is 3.57. The number of aromatic amines is 1. The van der Waals surface area contributed by atoms with Crippen molar-refractivity contribution in [3.05, 3.63) is 49.8 Å². The molecule has 0 fully saturated rings. The number of rotatable bonds is 2. The molecule has 2 aromatic rings. The van der Waals surface area contributed by atoms with E-state index in [1.165, 1.54) is 5.56 Å². The second-order valence-electron chi connectivity index (χ2n) is 5.16. The molecule has 4 nitrogen and oxygen atoms in total. The lowest BCUT2D eigenvalue weighted by Crippen LogP contribution is -2.22. The summed E-state index contributed by atoms with van der Waals surface area (Å²) in [5, 5.41) is 3.18. The van der Waals surface area contributed by atoms with Crippen LogP contribution in [0.4, 0.5) is 11.6 Å². The molecule has 3 rings (SSSR count). The average molecular weight is 334 g/mol. The third kappa shape index (κ3) is 2.63. The largest absolute Gasteiger partial charge is 0.325 e. The molecule has 20 heavy (non-hydrogen) atoms. The summed E-state index contributed by atoms with van der Waals surface area (Å²) < 4.78 is 0.956. The van der Waals surface area contributed by atoms with E-state index in [0.29, 0.717) is 5.95 Å². The SMILES string of the molecule is Cc1ccc(Nc2nc3c(c(=O)[nH]2)CCCC3)c(Br)c1. The molecule has 1 heterocycles. The fraction of sp³-hybridized carbons (Fsp3) is 0.333. The van der Waals surface area contributed by atoms with Crippen molar-refractivity contribution < 1.29 is 0 Å². The van der Waals surface area contributed by atoms with Gasteiger partial charge >= 0.3 is 0 Å². The minimum atomic E-state index is -0.0135. The minimum Gasteiger partial charge on any atom is -0.325 e. The van der Waals surface area contributed by atoms with Gasteiger partial charge in [0, 0.05) is 10.0 Å². The molecule has 0 radical (unpaired) electrons. The van der Waals surface area contributed by atoms with Crippen LogP contribution < -0.4 is 10.9 Å². The first kappa shape index (κ1) is 13.4. The van der Waals surface area contributed by atoms with E-state index in [9.17, 15) is 4.79 Å². The summed E-state index contributed by atoms with van der Waals surface area (Å²) in [5.41, 5.74) is 3.85. The number of aromatic nitrogens is 2. The van der Waals surface area contributed by atoms with Crippen molar-refractivity contribution in [3.8, 4) is 0 Å². The summed E-state index contributed by atoms with van der Waals surface area (Å²) in [4.78, 5) is 19.4. The predicted octanol–water partition coefficient (Wildman–Crippen LogP) is 3.46. The molecule has 0 aliphatic heterocycles. The number of halogens is 1. The van der Waals surface area contributed by atoms with Gasteiger partial charge in [0.1, 0.15) is 0 Å². The van der Waals surface area contributed by atoms with Crippen LogP contribution in [0.3, 0.4) is 0 Å². The smallest absolute Gasteiger partial charge is 0.255 e. The lowest BCUT2D eigenvalue weighted by Gasteiger charge is -2.15. The molecule has 1 aliphatic rings. The molecule has 104 valence electrons. The lowest BCUT2D eigenvalue weighted by atomic mass is 9.97. The Morgan fingerprint density at radius 1 is 1.30 bits per heavy atom. The summed E-state index contributed by atoms with van der Waals surface area (Å²) in [5.74, 6) is 0.514. The van der Waals surface area contributed by atoms with Gasteiger partial charge in [-0.3, -0.25) is 9.78 Å².